The molecule has 1 aliphatic rings. The van der Waals surface area contributed by atoms with Crippen molar-refractivity contribution in [3.05, 3.63) is 11.9 Å². The molecule has 0 bridgehead atoms. The molecule has 1 aromatic rings. The van der Waals surface area contributed by atoms with Crippen molar-refractivity contribution in [1.82, 2.24) is 9.97 Å². The molecular weight excluding hydrogens is 226 g/mol. The normalized spacial score (nSPS) is 20.6. The van der Waals surface area contributed by atoms with Gasteiger partial charge in [-0.15, -0.1) is 0 Å². The van der Waals surface area contributed by atoms with Crippen LogP contribution in [0.5, 0.6) is 0 Å². The first-order valence-electron chi connectivity index (χ1n) is 6.81. The second-order valence-electron chi connectivity index (χ2n) is 5.05. The molecule has 0 radical (unpaired) electrons. The molecule has 2 heterocycles. The summed E-state index contributed by atoms with van der Waals surface area (Å²) in [4.78, 5) is 11.0. The summed E-state index contributed by atoms with van der Waals surface area (Å²) in [7, 11) is 0. The monoisotopic (exact) mass is 249 g/mol. The first-order valence-corrected chi connectivity index (χ1v) is 6.81. The van der Waals surface area contributed by atoms with Gasteiger partial charge in [0.25, 0.3) is 0 Å². The van der Waals surface area contributed by atoms with Gasteiger partial charge in [0.15, 0.2) is 0 Å². The smallest absolute Gasteiger partial charge is 0.148 e. The minimum atomic E-state index is 0.750. The molecule has 1 aliphatic heterocycles. The van der Waals surface area contributed by atoms with Crippen molar-refractivity contribution in [1.29, 1.82) is 0 Å². The van der Waals surface area contributed by atoms with Crippen LogP contribution in [0.3, 0.4) is 0 Å². The molecule has 18 heavy (non-hydrogen) atoms. The van der Waals surface area contributed by atoms with Crippen molar-refractivity contribution in [2.75, 3.05) is 23.4 Å². The van der Waals surface area contributed by atoms with Crippen molar-refractivity contribution in [3.63, 3.8) is 0 Å². The van der Waals surface area contributed by atoms with Gasteiger partial charge in [-0.25, -0.2) is 15.8 Å². The quantitative estimate of drug-likeness (QED) is 0.633. The summed E-state index contributed by atoms with van der Waals surface area (Å²) in [5.41, 5.74) is 3.79. The largest absolute Gasteiger partial charge is 0.356 e. The minimum absolute atomic E-state index is 0.750. The number of nitrogens with one attached hydrogen (secondary N) is 1. The van der Waals surface area contributed by atoms with Crippen LogP contribution in [0.2, 0.25) is 0 Å². The number of hydrogen-bond donors (Lipinski definition) is 2. The molecule has 3 N–H and O–H groups in total. The minimum Gasteiger partial charge on any atom is -0.356 e. The van der Waals surface area contributed by atoms with Gasteiger partial charge in [0.2, 0.25) is 0 Å². The standard InChI is InChI=1S/C13H23N5/c1-3-11-12(17-14)15-9-16-13(11)18-7-4-5-10(2)6-8-18/h9-10H,3-8,14H2,1-2H3,(H,15,16,17). The lowest BCUT2D eigenvalue weighted by Crippen LogP contribution is -2.27. The van der Waals surface area contributed by atoms with Crippen LogP contribution < -0.4 is 16.2 Å². The predicted molar refractivity (Wildman–Crippen MR) is 74.4 cm³/mol. The first-order chi connectivity index (χ1) is 8.76. The molecule has 0 aliphatic carbocycles. The maximum Gasteiger partial charge on any atom is 0.148 e. The molecule has 1 unspecified atom stereocenters. The fraction of sp³-hybridized carbons (Fsp3) is 0.692. The highest BCUT2D eigenvalue weighted by molar-refractivity contribution is 5.58. The van der Waals surface area contributed by atoms with Crippen LogP contribution in [0.1, 0.15) is 38.7 Å². The number of hydrazine groups is 1. The van der Waals surface area contributed by atoms with Crippen LogP contribution in [0.25, 0.3) is 0 Å². The Balaban J connectivity index is 2.26. The van der Waals surface area contributed by atoms with Crippen molar-refractivity contribution in [2.24, 2.45) is 11.8 Å². The van der Waals surface area contributed by atoms with Crippen LogP contribution in [0, 0.1) is 5.92 Å². The molecule has 5 heteroatoms. The second-order valence-corrected chi connectivity index (χ2v) is 5.05. The lowest BCUT2D eigenvalue weighted by Gasteiger charge is -2.24. The summed E-state index contributed by atoms with van der Waals surface area (Å²) >= 11 is 0. The van der Waals surface area contributed by atoms with Gasteiger partial charge >= 0.3 is 0 Å². The highest BCUT2D eigenvalue weighted by atomic mass is 15.3. The van der Waals surface area contributed by atoms with E-state index in [1.165, 1.54) is 19.3 Å². The van der Waals surface area contributed by atoms with E-state index in [2.05, 4.69) is 34.1 Å². The molecule has 1 aromatic heterocycles. The number of anilines is 2. The Labute approximate surface area is 109 Å². The van der Waals surface area contributed by atoms with E-state index < -0.39 is 0 Å². The Morgan fingerprint density at radius 1 is 1.39 bits per heavy atom. The molecule has 2 rings (SSSR count). The third kappa shape index (κ3) is 2.72. The molecule has 0 spiro atoms. The highest BCUT2D eigenvalue weighted by Gasteiger charge is 2.19. The van der Waals surface area contributed by atoms with Crippen LogP contribution in [0.4, 0.5) is 11.6 Å². The Morgan fingerprint density at radius 2 is 2.22 bits per heavy atom. The molecule has 0 amide bonds. The summed E-state index contributed by atoms with van der Waals surface area (Å²) in [5, 5.41) is 0. The van der Waals surface area contributed by atoms with E-state index in [0.717, 1.165) is 42.6 Å². The SMILES string of the molecule is CCc1c(NN)ncnc1N1CCCC(C)CC1. The van der Waals surface area contributed by atoms with Gasteiger partial charge in [0, 0.05) is 18.7 Å². The number of nitrogen functional groups attached to an aromatic ring is 1. The van der Waals surface area contributed by atoms with Crippen LogP contribution in [-0.4, -0.2) is 23.1 Å². The summed E-state index contributed by atoms with van der Waals surface area (Å²) in [6.45, 7) is 6.61. The predicted octanol–water partition coefficient (Wildman–Crippen LogP) is 1.95. The number of nitrogens with two attached hydrogens (primary N) is 1. The fourth-order valence-corrected chi connectivity index (χ4v) is 2.60. The summed E-state index contributed by atoms with van der Waals surface area (Å²) in [5.74, 6) is 8.13. The Kier molecular flexibility index (Phi) is 4.36. The van der Waals surface area contributed by atoms with Gasteiger partial charge in [0.1, 0.15) is 18.0 Å². The van der Waals surface area contributed by atoms with Crippen molar-refractivity contribution >= 4 is 11.6 Å². The zero-order chi connectivity index (χ0) is 13.0. The van der Waals surface area contributed by atoms with E-state index in [1.807, 2.05) is 0 Å². The average Bonchev–Trinajstić information content (AvgIpc) is 2.62. The first kappa shape index (κ1) is 13.1. The summed E-state index contributed by atoms with van der Waals surface area (Å²) in [6.07, 6.45) is 6.27. The molecule has 100 valence electrons. The van der Waals surface area contributed by atoms with Gasteiger partial charge in [-0.1, -0.05) is 13.8 Å². The summed E-state index contributed by atoms with van der Waals surface area (Å²) in [6, 6.07) is 0. The molecule has 1 fully saturated rings. The van der Waals surface area contributed by atoms with E-state index in [0.29, 0.717) is 0 Å². The average molecular weight is 249 g/mol. The van der Waals surface area contributed by atoms with Gasteiger partial charge in [-0.2, -0.15) is 0 Å². The lowest BCUT2D eigenvalue weighted by atomic mass is 10.0. The Morgan fingerprint density at radius 3 is 2.94 bits per heavy atom. The third-order valence-corrected chi connectivity index (χ3v) is 3.73. The molecule has 1 atom stereocenters. The lowest BCUT2D eigenvalue weighted by molar-refractivity contribution is 0.521. The van der Waals surface area contributed by atoms with E-state index >= 15 is 0 Å². The van der Waals surface area contributed by atoms with Crippen LogP contribution in [-0.2, 0) is 6.42 Å². The number of rotatable bonds is 3. The van der Waals surface area contributed by atoms with Gasteiger partial charge in [-0.3, -0.25) is 0 Å². The van der Waals surface area contributed by atoms with Crippen LogP contribution >= 0.6 is 0 Å². The number of aromatic nitrogens is 2. The highest BCUT2D eigenvalue weighted by Crippen LogP contribution is 2.26. The zero-order valence-corrected chi connectivity index (χ0v) is 11.3. The van der Waals surface area contributed by atoms with E-state index in [9.17, 15) is 0 Å². The van der Waals surface area contributed by atoms with Gasteiger partial charge < -0.3 is 10.3 Å². The summed E-state index contributed by atoms with van der Waals surface area (Å²) < 4.78 is 0. The molecular formula is C13H23N5. The number of hydrogen-bond acceptors (Lipinski definition) is 5. The van der Waals surface area contributed by atoms with Gasteiger partial charge in [-0.05, 0) is 31.6 Å². The molecule has 5 nitrogen and oxygen atoms in total. The van der Waals surface area contributed by atoms with Gasteiger partial charge in [0.05, 0.1) is 0 Å². The maximum atomic E-state index is 5.52. The van der Waals surface area contributed by atoms with Crippen molar-refractivity contribution in [3.8, 4) is 0 Å². The third-order valence-electron chi connectivity index (χ3n) is 3.73. The zero-order valence-electron chi connectivity index (χ0n) is 11.3. The van der Waals surface area contributed by atoms with Crippen LogP contribution in [0.15, 0.2) is 6.33 Å². The molecule has 0 aromatic carbocycles. The van der Waals surface area contributed by atoms with E-state index in [4.69, 9.17) is 5.84 Å². The maximum absolute atomic E-state index is 5.52. The Hall–Kier alpha value is -1.36. The molecule has 1 saturated heterocycles. The Bertz CT molecular complexity index is 393. The van der Waals surface area contributed by atoms with Crippen molar-refractivity contribution in [2.45, 2.75) is 39.5 Å². The van der Waals surface area contributed by atoms with E-state index in [1.54, 1.807) is 6.33 Å². The number of nitrogens with zero attached hydrogens (tertiary/aromatic N) is 3. The fourth-order valence-electron chi connectivity index (χ4n) is 2.60. The van der Waals surface area contributed by atoms with Crippen molar-refractivity contribution < 1.29 is 0 Å². The molecule has 0 saturated carbocycles. The van der Waals surface area contributed by atoms with E-state index in [-0.39, 0.29) is 0 Å². The second kappa shape index (κ2) is 6.00. The topological polar surface area (TPSA) is 67.1 Å².